The van der Waals surface area contributed by atoms with Crippen LogP contribution in [0.15, 0.2) is 48.5 Å². The molecule has 0 atom stereocenters. The average Bonchev–Trinajstić information content (AvgIpc) is 3.38. The lowest BCUT2D eigenvalue weighted by Gasteiger charge is -2.32. The van der Waals surface area contributed by atoms with Gasteiger partial charge >= 0.3 is 0 Å². The molecule has 2 aromatic rings. The maximum absolute atomic E-state index is 12.2. The van der Waals surface area contributed by atoms with Crippen molar-refractivity contribution in [2.45, 2.75) is 63.8 Å². The SMILES string of the molecule is Cc1ccc(NC(=S)NC2(CCc3ccccc3)CCCC2)cc1N1CCCC1=O. The van der Waals surface area contributed by atoms with Crippen molar-refractivity contribution in [3.63, 3.8) is 0 Å². The molecule has 2 N–H and O–H groups in total. The van der Waals surface area contributed by atoms with Gasteiger partial charge in [-0.2, -0.15) is 0 Å². The molecule has 2 aliphatic rings. The lowest BCUT2D eigenvalue weighted by Crippen LogP contribution is -2.48. The molecule has 1 amide bonds. The summed E-state index contributed by atoms with van der Waals surface area (Å²) in [7, 11) is 0. The number of aryl methyl sites for hydroxylation is 2. The summed E-state index contributed by atoms with van der Waals surface area (Å²) in [6, 6.07) is 16.8. The van der Waals surface area contributed by atoms with E-state index in [0.717, 1.165) is 55.6 Å². The highest BCUT2D eigenvalue weighted by atomic mass is 32.1. The van der Waals surface area contributed by atoms with Gasteiger partial charge in [0.05, 0.1) is 0 Å². The van der Waals surface area contributed by atoms with E-state index in [1.165, 1.54) is 18.4 Å². The highest BCUT2D eigenvalue weighted by Crippen LogP contribution is 2.34. The van der Waals surface area contributed by atoms with Gasteiger partial charge in [0.1, 0.15) is 0 Å². The first kappa shape index (κ1) is 20.9. The van der Waals surface area contributed by atoms with Gasteiger partial charge in [0.2, 0.25) is 5.91 Å². The van der Waals surface area contributed by atoms with Crippen LogP contribution in [0.2, 0.25) is 0 Å². The highest BCUT2D eigenvalue weighted by Gasteiger charge is 2.34. The van der Waals surface area contributed by atoms with E-state index >= 15 is 0 Å². The zero-order valence-electron chi connectivity index (χ0n) is 17.7. The summed E-state index contributed by atoms with van der Waals surface area (Å²) in [5, 5.41) is 7.72. The van der Waals surface area contributed by atoms with Gasteiger partial charge in [-0.05, 0) is 74.5 Å². The fraction of sp³-hybridized carbons (Fsp3) is 0.440. The number of carbonyl (C=O) groups is 1. The third-order valence-electron chi connectivity index (χ3n) is 6.51. The molecule has 30 heavy (non-hydrogen) atoms. The minimum atomic E-state index is 0.0678. The van der Waals surface area contributed by atoms with E-state index in [9.17, 15) is 4.79 Å². The predicted molar refractivity (Wildman–Crippen MR) is 128 cm³/mol. The van der Waals surface area contributed by atoms with Gasteiger partial charge < -0.3 is 15.5 Å². The fourth-order valence-corrected chi connectivity index (χ4v) is 5.14. The van der Waals surface area contributed by atoms with Gasteiger partial charge in [-0.1, -0.05) is 49.2 Å². The number of hydrogen-bond donors (Lipinski definition) is 2. The van der Waals surface area contributed by atoms with Crippen molar-refractivity contribution < 1.29 is 4.79 Å². The topological polar surface area (TPSA) is 44.4 Å². The van der Waals surface area contributed by atoms with Gasteiger partial charge in [0.15, 0.2) is 5.11 Å². The van der Waals surface area contributed by atoms with Crippen LogP contribution in [0.3, 0.4) is 0 Å². The monoisotopic (exact) mass is 421 g/mol. The van der Waals surface area contributed by atoms with Gasteiger partial charge in [0, 0.05) is 29.9 Å². The van der Waals surface area contributed by atoms with Crippen molar-refractivity contribution >= 4 is 34.6 Å². The van der Waals surface area contributed by atoms with E-state index in [-0.39, 0.29) is 11.4 Å². The number of amides is 1. The Labute approximate surface area is 185 Å². The van der Waals surface area contributed by atoms with Gasteiger partial charge in [-0.25, -0.2) is 0 Å². The highest BCUT2D eigenvalue weighted by molar-refractivity contribution is 7.80. The Kier molecular flexibility index (Phi) is 6.38. The number of nitrogens with zero attached hydrogens (tertiary/aromatic N) is 1. The average molecular weight is 422 g/mol. The number of thiocarbonyl (C=S) groups is 1. The molecule has 2 aromatic carbocycles. The number of nitrogens with one attached hydrogen (secondary N) is 2. The van der Waals surface area contributed by atoms with E-state index in [0.29, 0.717) is 11.5 Å². The van der Waals surface area contributed by atoms with Crippen molar-refractivity contribution in [1.29, 1.82) is 0 Å². The van der Waals surface area contributed by atoms with E-state index in [1.807, 2.05) is 11.0 Å². The Morgan fingerprint density at radius 2 is 1.87 bits per heavy atom. The molecule has 4 nitrogen and oxygen atoms in total. The molecule has 4 rings (SSSR count). The molecule has 1 aliphatic heterocycles. The standard InChI is InChI=1S/C25H31N3OS/c1-19-11-12-21(18-22(19)28-17-7-10-23(28)29)26-24(30)27-25(14-5-6-15-25)16-13-20-8-3-2-4-9-20/h2-4,8-9,11-12,18H,5-7,10,13-17H2,1H3,(H2,26,27,30). The smallest absolute Gasteiger partial charge is 0.227 e. The second-order valence-corrected chi connectivity index (χ2v) is 9.11. The minimum Gasteiger partial charge on any atom is -0.357 e. The Morgan fingerprint density at radius 3 is 2.57 bits per heavy atom. The summed E-state index contributed by atoms with van der Waals surface area (Å²) in [6.45, 7) is 2.85. The van der Waals surface area contributed by atoms with Crippen LogP contribution in [-0.4, -0.2) is 23.1 Å². The van der Waals surface area contributed by atoms with Crippen molar-refractivity contribution in [3.05, 3.63) is 59.7 Å². The van der Waals surface area contributed by atoms with Crippen LogP contribution in [0.1, 0.15) is 56.1 Å². The number of carbonyl (C=O) groups excluding carboxylic acids is 1. The van der Waals surface area contributed by atoms with Crippen molar-refractivity contribution in [2.24, 2.45) is 0 Å². The van der Waals surface area contributed by atoms with Crippen LogP contribution < -0.4 is 15.5 Å². The van der Waals surface area contributed by atoms with Crippen LogP contribution >= 0.6 is 12.2 Å². The molecule has 0 unspecified atom stereocenters. The van der Waals surface area contributed by atoms with Crippen LogP contribution in [0, 0.1) is 6.92 Å². The normalized spacial score (nSPS) is 17.9. The van der Waals surface area contributed by atoms with E-state index in [4.69, 9.17) is 12.2 Å². The number of benzene rings is 2. The molecule has 5 heteroatoms. The molecule has 1 aliphatic carbocycles. The third-order valence-corrected chi connectivity index (χ3v) is 6.71. The molecule has 2 fully saturated rings. The molecule has 1 saturated carbocycles. The second kappa shape index (κ2) is 9.17. The summed E-state index contributed by atoms with van der Waals surface area (Å²) in [5.41, 5.74) is 4.49. The van der Waals surface area contributed by atoms with Crippen molar-refractivity contribution in [1.82, 2.24) is 5.32 Å². The first-order valence-corrected chi connectivity index (χ1v) is 11.5. The third kappa shape index (κ3) is 4.84. The Morgan fingerprint density at radius 1 is 1.10 bits per heavy atom. The first-order valence-electron chi connectivity index (χ1n) is 11.1. The quantitative estimate of drug-likeness (QED) is 0.617. The van der Waals surface area contributed by atoms with Crippen LogP contribution in [0.4, 0.5) is 11.4 Å². The zero-order chi connectivity index (χ0) is 21.0. The van der Waals surface area contributed by atoms with Gasteiger partial charge in [0.25, 0.3) is 0 Å². The largest absolute Gasteiger partial charge is 0.357 e. The summed E-state index contributed by atoms with van der Waals surface area (Å²) >= 11 is 5.71. The summed E-state index contributed by atoms with van der Waals surface area (Å²) in [4.78, 5) is 14.1. The molecule has 0 spiro atoms. The van der Waals surface area contributed by atoms with Crippen LogP contribution in [-0.2, 0) is 11.2 Å². The Bertz CT molecular complexity index is 906. The van der Waals surface area contributed by atoms with Crippen LogP contribution in [0.25, 0.3) is 0 Å². The van der Waals surface area contributed by atoms with E-state index in [2.05, 4.69) is 60.0 Å². The maximum atomic E-state index is 12.2. The zero-order valence-corrected chi connectivity index (χ0v) is 18.6. The summed E-state index contributed by atoms with van der Waals surface area (Å²) < 4.78 is 0. The molecule has 0 radical (unpaired) electrons. The molecule has 158 valence electrons. The molecular weight excluding hydrogens is 390 g/mol. The van der Waals surface area contributed by atoms with Crippen molar-refractivity contribution in [2.75, 3.05) is 16.8 Å². The lowest BCUT2D eigenvalue weighted by atomic mass is 9.89. The predicted octanol–water partition coefficient (Wildman–Crippen LogP) is 5.35. The molecule has 1 heterocycles. The lowest BCUT2D eigenvalue weighted by molar-refractivity contribution is -0.117. The van der Waals surface area contributed by atoms with Gasteiger partial charge in [-0.3, -0.25) is 4.79 Å². The first-order chi connectivity index (χ1) is 14.5. The Balaban J connectivity index is 1.42. The number of hydrogen-bond acceptors (Lipinski definition) is 2. The summed E-state index contributed by atoms with van der Waals surface area (Å²) in [5.74, 6) is 0.210. The maximum Gasteiger partial charge on any atom is 0.227 e. The van der Waals surface area contributed by atoms with Crippen LogP contribution in [0.5, 0.6) is 0 Å². The van der Waals surface area contributed by atoms with E-state index in [1.54, 1.807) is 0 Å². The van der Waals surface area contributed by atoms with E-state index < -0.39 is 0 Å². The van der Waals surface area contributed by atoms with Gasteiger partial charge in [-0.15, -0.1) is 0 Å². The second-order valence-electron chi connectivity index (χ2n) is 8.70. The minimum absolute atomic E-state index is 0.0678. The Hall–Kier alpha value is -2.40. The molecular formula is C25H31N3OS. The molecule has 0 aromatic heterocycles. The summed E-state index contributed by atoms with van der Waals surface area (Å²) in [6.07, 6.45) is 8.52. The molecule has 1 saturated heterocycles. The fourth-order valence-electron chi connectivity index (χ4n) is 4.80. The molecule has 0 bridgehead atoms. The number of anilines is 2. The number of rotatable bonds is 6. The van der Waals surface area contributed by atoms with Crippen molar-refractivity contribution in [3.8, 4) is 0 Å².